The Morgan fingerprint density at radius 1 is 1.25 bits per heavy atom. The summed E-state index contributed by atoms with van der Waals surface area (Å²) in [6.45, 7) is 15.2. The topological polar surface area (TPSA) is 61.6 Å². The molecule has 0 aromatic rings. The zero-order valence-electron chi connectivity index (χ0n) is 13.6. The highest BCUT2D eigenvalue weighted by Crippen LogP contribution is 2.15. The Morgan fingerprint density at radius 2 is 1.80 bits per heavy atom. The van der Waals surface area contributed by atoms with Crippen LogP contribution >= 0.6 is 0 Å². The second kappa shape index (κ2) is 7.96. The van der Waals surface area contributed by atoms with Crippen LogP contribution in [0, 0.1) is 5.92 Å². The molecule has 1 rings (SSSR count). The Kier molecular flexibility index (Phi) is 6.92. The predicted molar refractivity (Wildman–Crippen MR) is 83.6 cm³/mol. The molecule has 3 N–H and O–H groups in total. The van der Waals surface area contributed by atoms with Crippen molar-refractivity contribution >= 4 is 5.91 Å². The number of nitrogens with two attached hydrogens (primary N) is 1. The number of hydrogen-bond donors (Lipinski definition) is 2. The highest BCUT2D eigenvalue weighted by atomic mass is 16.1. The van der Waals surface area contributed by atoms with Crippen molar-refractivity contribution in [1.82, 2.24) is 15.1 Å². The van der Waals surface area contributed by atoms with Gasteiger partial charge in [0.2, 0.25) is 5.91 Å². The van der Waals surface area contributed by atoms with Crippen molar-refractivity contribution in [3.05, 3.63) is 0 Å². The van der Waals surface area contributed by atoms with E-state index in [-0.39, 0.29) is 11.4 Å². The molecule has 0 aromatic carbocycles. The maximum Gasteiger partial charge on any atom is 0.221 e. The third kappa shape index (κ3) is 5.04. The van der Waals surface area contributed by atoms with Crippen LogP contribution in [-0.2, 0) is 4.79 Å². The lowest BCUT2D eigenvalue weighted by molar-refractivity contribution is -0.123. The summed E-state index contributed by atoms with van der Waals surface area (Å²) in [5, 5.41) is 3.10. The van der Waals surface area contributed by atoms with E-state index in [1.54, 1.807) is 0 Å². The van der Waals surface area contributed by atoms with Crippen LogP contribution in [-0.4, -0.2) is 67.1 Å². The summed E-state index contributed by atoms with van der Waals surface area (Å²) in [6.07, 6.45) is 0.564. The molecule has 1 unspecified atom stereocenters. The minimum absolute atomic E-state index is 0.115. The van der Waals surface area contributed by atoms with E-state index in [1.165, 1.54) is 0 Å². The third-order valence-electron chi connectivity index (χ3n) is 4.69. The van der Waals surface area contributed by atoms with Crippen LogP contribution in [0.25, 0.3) is 0 Å². The molecule has 20 heavy (non-hydrogen) atoms. The van der Waals surface area contributed by atoms with Crippen LogP contribution < -0.4 is 11.1 Å². The molecule has 1 fully saturated rings. The Labute approximate surface area is 123 Å². The highest BCUT2D eigenvalue weighted by molar-refractivity contribution is 5.77. The van der Waals surface area contributed by atoms with E-state index in [4.69, 9.17) is 5.73 Å². The molecule has 1 aliphatic heterocycles. The van der Waals surface area contributed by atoms with Gasteiger partial charge in [-0.15, -0.1) is 0 Å². The fraction of sp³-hybridized carbons (Fsp3) is 0.933. The molecular weight excluding hydrogens is 252 g/mol. The SMILES string of the molecule is CCN1CCN(CCC(=O)NC(C)(CN)C(C)C)CC1. The number of likely N-dealkylation sites (N-methyl/N-ethyl adjacent to an activating group) is 1. The van der Waals surface area contributed by atoms with E-state index >= 15 is 0 Å². The second-order valence-electron chi connectivity index (χ2n) is 6.35. The molecule has 0 radical (unpaired) electrons. The highest BCUT2D eigenvalue weighted by Gasteiger charge is 2.28. The normalized spacial score (nSPS) is 20.9. The van der Waals surface area contributed by atoms with Crippen molar-refractivity contribution in [2.45, 2.75) is 39.7 Å². The molecule has 118 valence electrons. The molecule has 0 aliphatic carbocycles. The van der Waals surface area contributed by atoms with Crippen LogP contribution in [0.5, 0.6) is 0 Å². The molecule has 5 heteroatoms. The third-order valence-corrected chi connectivity index (χ3v) is 4.69. The monoisotopic (exact) mass is 284 g/mol. The molecule has 1 aliphatic rings. The van der Waals surface area contributed by atoms with E-state index in [2.05, 4.69) is 35.9 Å². The molecule has 1 amide bonds. The molecule has 5 nitrogen and oxygen atoms in total. The fourth-order valence-corrected chi connectivity index (χ4v) is 2.40. The van der Waals surface area contributed by atoms with Crippen molar-refractivity contribution in [3.8, 4) is 0 Å². The smallest absolute Gasteiger partial charge is 0.221 e. The van der Waals surface area contributed by atoms with E-state index < -0.39 is 0 Å². The minimum Gasteiger partial charge on any atom is -0.349 e. The summed E-state index contributed by atoms with van der Waals surface area (Å²) in [7, 11) is 0. The van der Waals surface area contributed by atoms with Gasteiger partial charge in [-0.2, -0.15) is 0 Å². The van der Waals surface area contributed by atoms with Gasteiger partial charge in [0.05, 0.1) is 5.54 Å². The zero-order chi connectivity index (χ0) is 15.2. The molecular formula is C15H32N4O. The van der Waals surface area contributed by atoms with Crippen LogP contribution in [0.3, 0.4) is 0 Å². The van der Waals surface area contributed by atoms with Gasteiger partial charge in [0, 0.05) is 45.7 Å². The first-order chi connectivity index (χ1) is 9.41. The first-order valence-electron chi connectivity index (χ1n) is 7.87. The molecule has 1 heterocycles. The van der Waals surface area contributed by atoms with Gasteiger partial charge in [-0.1, -0.05) is 20.8 Å². The maximum absolute atomic E-state index is 12.1. The van der Waals surface area contributed by atoms with E-state index in [9.17, 15) is 4.79 Å². The number of piperazine rings is 1. The lowest BCUT2D eigenvalue weighted by Gasteiger charge is -2.35. The van der Waals surface area contributed by atoms with E-state index in [1.807, 2.05) is 6.92 Å². The van der Waals surface area contributed by atoms with Gasteiger partial charge in [0.25, 0.3) is 0 Å². The van der Waals surface area contributed by atoms with Gasteiger partial charge < -0.3 is 20.9 Å². The van der Waals surface area contributed by atoms with Crippen LogP contribution in [0.2, 0.25) is 0 Å². The van der Waals surface area contributed by atoms with Crippen molar-refractivity contribution in [3.63, 3.8) is 0 Å². The van der Waals surface area contributed by atoms with Crippen LogP contribution in [0.4, 0.5) is 0 Å². The van der Waals surface area contributed by atoms with Gasteiger partial charge in [-0.05, 0) is 19.4 Å². The first kappa shape index (κ1) is 17.4. The lowest BCUT2D eigenvalue weighted by Crippen LogP contribution is -2.55. The van der Waals surface area contributed by atoms with Gasteiger partial charge >= 0.3 is 0 Å². The average molecular weight is 284 g/mol. The quantitative estimate of drug-likeness (QED) is 0.715. The number of carbonyl (C=O) groups excluding carboxylic acids is 1. The zero-order valence-corrected chi connectivity index (χ0v) is 13.6. The van der Waals surface area contributed by atoms with Gasteiger partial charge in [0.15, 0.2) is 0 Å². The maximum atomic E-state index is 12.1. The van der Waals surface area contributed by atoms with E-state index in [0.717, 1.165) is 39.3 Å². The number of carbonyl (C=O) groups is 1. The largest absolute Gasteiger partial charge is 0.349 e. The number of nitrogens with zero attached hydrogens (tertiary/aromatic N) is 2. The van der Waals surface area contributed by atoms with Gasteiger partial charge in [0.1, 0.15) is 0 Å². The number of nitrogens with one attached hydrogen (secondary N) is 1. The molecule has 0 spiro atoms. The summed E-state index contributed by atoms with van der Waals surface area (Å²) in [5.74, 6) is 0.453. The predicted octanol–water partition coefficient (Wildman–Crippen LogP) is 0.504. The summed E-state index contributed by atoms with van der Waals surface area (Å²) in [5.41, 5.74) is 5.50. The minimum atomic E-state index is -0.294. The average Bonchev–Trinajstić information content (AvgIpc) is 2.45. The Morgan fingerprint density at radius 3 is 2.25 bits per heavy atom. The Bertz CT molecular complexity index is 300. The van der Waals surface area contributed by atoms with Gasteiger partial charge in [-0.25, -0.2) is 0 Å². The second-order valence-corrected chi connectivity index (χ2v) is 6.35. The molecule has 1 atom stereocenters. The molecule has 0 aromatic heterocycles. The fourth-order valence-electron chi connectivity index (χ4n) is 2.40. The van der Waals surface area contributed by atoms with Crippen molar-refractivity contribution in [2.75, 3.05) is 45.8 Å². The summed E-state index contributed by atoms with van der Waals surface area (Å²) in [4.78, 5) is 16.9. The Hall–Kier alpha value is -0.650. The number of amides is 1. The summed E-state index contributed by atoms with van der Waals surface area (Å²) >= 11 is 0. The Balaban J connectivity index is 2.30. The molecule has 1 saturated heterocycles. The number of hydrogen-bond acceptors (Lipinski definition) is 4. The standard InChI is InChI=1S/C15H32N4O/c1-5-18-8-10-19(11-9-18)7-6-14(20)17-15(4,12-16)13(2)3/h13H,5-12,16H2,1-4H3,(H,17,20). The summed E-state index contributed by atoms with van der Waals surface area (Å²) < 4.78 is 0. The summed E-state index contributed by atoms with van der Waals surface area (Å²) in [6, 6.07) is 0. The van der Waals surface area contributed by atoms with Crippen molar-refractivity contribution < 1.29 is 4.79 Å². The van der Waals surface area contributed by atoms with Crippen LogP contribution in [0.1, 0.15) is 34.1 Å². The molecule has 0 saturated carbocycles. The molecule has 0 bridgehead atoms. The van der Waals surface area contributed by atoms with Crippen molar-refractivity contribution in [2.24, 2.45) is 11.7 Å². The van der Waals surface area contributed by atoms with Gasteiger partial charge in [-0.3, -0.25) is 4.79 Å². The van der Waals surface area contributed by atoms with Crippen LogP contribution in [0.15, 0.2) is 0 Å². The first-order valence-corrected chi connectivity index (χ1v) is 7.87. The van der Waals surface area contributed by atoms with E-state index in [0.29, 0.717) is 18.9 Å². The number of rotatable bonds is 7. The lowest BCUT2D eigenvalue weighted by atomic mass is 9.88. The van der Waals surface area contributed by atoms with Crippen molar-refractivity contribution in [1.29, 1.82) is 0 Å².